The lowest BCUT2D eigenvalue weighted by molar-refractivity contribution is -0.114. The third-order valence-electron chi connectivity index (χ3n) is 10.9. The summed E-state index contributed by atoms with van der Waals surface area (Å²) in [6.07, 6.45) is 12.4. The van der Waals surface area contributed by atoms with E-state index in [2.05, 4.69) is 20.7 Å². The predicted molar refractivity (Wildman–Crippen MR) is 257 cm³/mol. The number of nitrogens with one attached hydrogen (secondary N) is 2. The minimum absolute atomic E-state index is 0.0860. The number of aromatic nitrogens is 4. The number of fused-ring (bicyclic) bond motifs is 2. The molecular formula is C47H61N13O8. The molecule has 362 valence electrons. The van der Waals surface area contributed by atoms with Gasteiger partial charge in [0.1, 0.15) is 40.4 Å². The van der Waals surface area contributed by atoms with E-state index < -0.39 is 41.4 Å². The number of aryl methyl sites for hydroxylation is 2. The molecule has 3 aliphatic rings. The lowest BCUT2D eigenvalue weighted by atomic mass is 9.96. The number of carbonyl (C=O) groups excluding carboxylic acids is 5. The van der Waals surface area contributed by atoms with Crippen LogP contribution in [0.1, 0.15) is 80.9 Å². The fourth-order valence-electron chi connectivity index (χ4n) is 8.03. The SMILES string of the molecule is CCN=C(/C=C(/C)N)C(=O)NC1=NC2=CC(C(N)=O)=CC(OC/C=C/[C@@H]3CCCN3C(=O)OC(C)(C)C)C2N1C/C=C/Cn1c(NC(=O)c2cc(C)nn2CC)nc2cc(C(N)=O)cc(OC)c21. The first-order chi connectivity index (χ1) is 32.3. The highest BCUT2D eigenvalue weighted by atomic mass is 16.6. The summed E-state index contributed by atoms with van der Waals surface area (Å²) in [5, 5.41) is 10.2. The molecule has 1 aromatic carbocycles. The van der Waals surface area contributed by atoms with Gasteiger partial charge in [-0.3, -0.25) is 39.5 Å². The van der Waals surface area contributed by atoms with Crippen LogP contribution in [0.5, 0.6) is 5.75 Å². The van der Waals surface area contributed by atoms with Crippen LogP contribution < -0.4 is 32.6 Å². The molecule has 8 N–H and O–H groups in total. The van der Waals surface area contributed by atoms with Crippen molar-refractivity contribution in [3.8, 4) is 5.75 Å². The first-order valence-electron chi connectivity index (χ1n) is 22.4. The topological polar surface area (TPSA) is 282 Å². The summed E-state index contributed by atoms with van der Waals surface area (Å²) in [6.45, 7) is 14.3. The number of likely N-dealkylation sites (tertiary alicyclic amines) is 1. The Labute approximate surface area is 394 Å². The number of allylic oxidation sites excluding steroid dienone is 2. The molecular weight excluding hydrogens is 875 g/mol. The fraction of sp³-hybridized carbons (Fsp3) is 0.426. The summed E-state index contributed by atoms with van der Waals surface area (Å²) >= 11 is 0. The second-order valence-electron chi connectivity index (χ2n) is 17.3. The van der Waals surface area contributed by atoms with Gasteiger partial charge in [0, 0.05) is 49.6 Å². The van der Waals surface area contributed by atoms with Gasteiger partial charge in [0.05, 0.1) is 36.7 Å². The molecule has 5 amide bonds. The third-order valence-corrected chi connectivity index (χ3v) is 10.9. The van der Waals surface area contributed by atoms with Crippen molar-refractivity contribution >= 4 is 58.4 Å². The molecule has 0 radical (unpaired) electrons. The van der Waals surface area contributed by atoms with Crippen molar-refractivity contribution in [2.24, 2.45) is 27.2 Å². The molecule has 0 spiro atoms. The minimum Gasteiger partial charge on any atom is -0.494 e. The Morgan fingerprint density at radius 2 is 1.75 bits per heavy atom. The maximum Gasteiger partial charge on any atom is 0.410 e. The number of amides is 5. The van der Waals surface area contributed by atoms with Crippen molar-refractivity contribution in [2.75, 3.05) is 38.7 Å². The zero-order valence-corrected chi connectivity index (χ0v) is 39.7. The number of methoxy groups -OCH3 is 1. The van der Waals surface area contributed by atoms with Gasteiger partial charge < -0.3 is 45.8 Å². The normalized spacial score (nSPS) is 18.8. The van der Waals surface area contributed by atoms with Crippen molar-refractivity contribution < 1.29 is 38.2 Å². The molecule has 2 aromatic heterocycles. The van der Waals surface area contributed by atoms with Crippen LogP contribution in [0.25, 0.3) is 11.0 Å². The monoisotopic (exact) mass is 935 g/mol. The van der Waals surface area contributed by atoms with E-state index >= 15 is 0 Å². The minimum atomic E-state index is -0.794. The number of rotatable bonds is 17. The number of primary amides is 2. The number of imidazole rings is 1. The van der Waals surface area contributed by atoms with Crippen LogP contribution in [-0.4, -0.2) is 128 Å². The van der Waals surface area contributed by atoms with Gasteiger partial charge in [-0.1, -0.05) is 24.3 Å². The Hall–Kier alpha value is -7.55. The molecule has 6 rings (SSSR count). The van der Waals surface area contributed by atoms with Gasteiger partial charge in [0.15, 0.2) is 0 Å². The number of nitrogens with zero attached hydrogens (tertiary/aromatic N) is 8. The third kappa shape index (κ3) is 11.7. The highest BCUT2D eigenvalue weighted by Gasteiger charge is 2.41. The number of guanidine groups is 1. The van der Waals surface area contributed by atoms with Crippen molar-refractivity contribution in [3.63, 3.8) is 0 Å². The van der Waals surface area contributed by atoms with Crippen molar-refractivity contribution in [3.05, 3.63) is 94.6 Å². The molecule has 2 unspecified atom stereocenters. The van der Waals surface area contributed by atoms with E-state index in [4.69, 9.17) is 41.4 Å². The standard InChI is InChI=1S/C47H61N13O8/c1-9-51-34(21-27(3)48)42(63)54-44-53-33-24-30(41(50)62)26-37(67-20-14-16-31-15-13-19-57(31)46(65)68-47(5,6)7)39(33)59(44)18-12-11-17-58-38-32(23-29(40(49)61)25-36(38)66-8)52-45(58)55-43(64)35-22-28(4)56-60(35)10-2/h11-12,14,16,21-26,31,37,39H,9-10,13,15,17-20,48H2,1-8H3,(H2,49,61)(H2,50,62)(H,52,55,64)(H,53,54,63)/b12-11+,16-14+,27-21-,51-34?/t31-,37?,39?/m0/s1. The second kappa shape index (κ2) is 21.4. The zero-order chi connectivity index (χ0) is 49.4. The van der Waals surface area contributed by atoms with Gasteiger partial charge in [0.2, 0.25) is 23.7 Å². The maximum absolute atomic E-state index is 13.8. The number of hydrogen-bond donors (Lipinski definition) is 5. The molecule has 4 heterocycles. The van der Waals surface area contributed by atoms with Crippen LogP contribution >= 0.6 is 0 Å². The first-order valence-corrected chi connectivity index (χ1v) is 22.4. The van der Waals surface area contributed by atoms with E-state index in [0.29, 0.717) is 59.2 Å². The van der Waals surface area contributed by atoms with E-state index in [9.17, 15) is 24.0 Å². The zero-order valence-electron chi connectivity index (χ0n) is 39.7. The van der Waals surface area contributed by atoms with Crippen LogP contribution in [0.2, 0.25) is 0 Å². The van der Waals surface area contributed by atoms with Crippen molar-refractivity contribution in [1.29, 1.82) is 0 Å². The van der Waals surface area contributed by atoms with Gasteiger partial charge in [-0.25, -0.2) is 14.8 Å². The predicted octanol–water partition coefficient (Wildman–Crippen LogP) is 3.61. The van der Waals surface area contributed by atoms with E-state index in [-0.39, 0.29) is 60.6 Å². The molecule has 3 atom stereocenters. The molecule has 21 nitrogen and oxygen atoms in total. The maximum atomic E-state index is 13.8. The van der Waals surface area contributed by atoms with Crippen LogP contribution in [0.3, 0.4) is 0 Å². The van der Waals surface area contributed by atoms with E-state index in [1.54, 1.807) is 53.1 Å². The number of carbonyl (C=O) groups is 5. The van der Waals surface area contributed by atoms with Crippen molar-refractivity contribution in [2.45, 2.75) is 98.2 Å². The number of anilines is 1. The Bertz CT molecular complexity index is 2670. The smallest absolute Gasteiger partial charge is 0.410 e. The summed E-state index contributed by atoms with van der Waals surface area (Å²) in [6, 6.07) is 3.86. The molecule has 2 aliphatic heterocycles. The number of ether oxygens (including phenoxy) is 3. The summed E-state index contributed by atoms with van der Waals surface area (Å²) in [5.74, 6) is -1.79. The van der Waals surface area contributed by atoms with E-state index in [1.807, 2.05) is 56.9 Å². The summed E-state index contributed by atoms with van der Waals surface area (Å²) in [5.41, 5.74) is 19.8. The molecule has 0 saturated carbocycles. The first kappa shape index (κ1) is 49.9. The van der Waals surface area contributed by atoms with Crippen LogP contribution in [0.15, 0.2) is 87.7 Å². The lowest BCUT2D eigenvalue weighted by Crippen LogP contribution is -2.51. The van der Waals surface area contributed by atoms with Gasteiger partial charge in [-0.2, -0.15) is 5.10 Å². The molecule has 0 bridgehead atoms. The number of aliphatic imine (C=N–C) groups is 2. The van der Waals surface area contributed by atoms with Crippen LogP contribution in [-0.2, 0) is 32.2 Å². The Morgan fingerprint density at radius 3 is 2.41 bits per heavy atom. The van der Waals surface area contributed by atoms with E-state index in [0.717, 1.165) is 12.8 Å². The summed E-state index contributed by atoms with van der Waals surface area (Å²) in [4.78, 5) is 82.7. The second-order valence-corrected chi connectivity index (χ2v) is 17.3. The molecule has 3 aromatic rings. The Kier molecular flexibility index (Phi) is 15.7. The van der Waals surface area contributed by atoms with Crippen LogP contribution in [0, 0.1) is 6.92 Å². The number of nitrogens with two attached hydrogens (primary N) is 3. The largest absolute Gasteiger partial charge is 0.494 e. The van der Waals surface area contributed by atoms with Crippen molar-refractivity contribution in [1.82, 2.24) is 34.4 Å². The quantitative estimate of drug-likeness (QED) is 0.0959. The molecule has 1 fully saturated rings. The average molecular weight is 936 g/mol. The van der Waals surface area contributed by atoms with Gasteiger partial charge in [-0.05, 0) is 97.7 Å². The number of hydrogen-bond acceptors (Lipinski definition) is 14. The van der Waals surface area contributed by atoms with Gasteiger partial charge >= 0.3 is 6.09 Å². The lowest BCUT2D eigenvalue weighted by Gasteiger charge is -2.33. The van der Waals surface area contributed by atoms with Gasteiger partial charge in [-0.15, -0.1) is 0 Å². The molecule has 68 heavy (non-hydrogen) atoms. The number of benzene rings is 1. The average Bonchev–Trinajstić information content (AvgIpc) is 4.06. The molecule has 1 aliphatic carbocycles. The summed E-state index contributed by atoms with van der Waals surface area (Å²) < 4.78 is 21.1. The highest BCUT2D eigenvalue weighted by molar-refractivity contribution is 6.45. The molecule has 1 saturated heterocycles. The summed E-state index contributed by atoms with van der Waals surface area (Å²) in [7, 11) is 1.45. The molecule has 21 heteroatoms. The van der Waals surface area contributed by atoms with Gasteiger partial charge in [0.25, 0.3) is 11.8 Å². The van der Waals surface area contributed by atoms with E-state index in [1.165, 1.54) is 25.3 Å². The Morgan fingerprint density at radius 1 is 1.00 bits per heavy atom. The highest BCUT2D eigenvalue weighted by Crippen LogP contribution is 2.33. The van der Waals surface area contributed by atoms with Crippen LogP contribution in [0.4, 0.5) is 10.7 Å². The fourth-order valence-corrected chi connectivity index (χ4v) is 8.03. The Balaban J connectivity index is 1.32.